The van der Waals surface area contributed by atoms with E-state index < -0.39 is 47.8 Å². The number of hydrogen-bond donors (Lipinski definition) is 1. The number of piperidine rings is 1. The zero-order chi connectivity index (χ0) is 21.2. The quantitative estimate of drug-likeness (QED) is 0.762. The molecular formula is C18H18F6N4O. The fourth-order valence-electron chi connectivity index (χ4n) is 3.14. The van der Waals surface area contributed by atoms with Gasteiger partial charge in [0.15, 0.2) is 11.6 Å². The van der Waals surface area contributed by atoms with Gasteiger partial charge in [-0.2, -0.15) is 18.3 Å². The van der Waals surface area contributed by atoms with E-state index >= 15 is 0 Å². The van der Waals surface area contributed by atoms with Crippen LogP contribution < -0.4 is 5.32 Å². The lowest BCUT2D eigenvalue weighted by molar-refractivity contribution is -0.153. The second kappa shape index (κ2) is 8.34. The first-order valence-corrected chi connectivity index (χ1v) is 8.97. The van der Waals surface area contributed by atoms with E-state index in [1.807, 2.05) is 5.32 Å². The molecule has 1 aliphatic rings. The summed E-state index contributed by atoms with van der Waals surface area (Å²) < 4.78 is 81.6. The molecule has 0 radical (unpaired) electrons. The van der Waals surface area contributed by atoms with Gasteiger partial charge in [-0.15, -0.1) is 0 Å². The van der Waals surface area contributed by atoms with Gasteiger partial charge < -0.3 is 10.2 Å². The lowest BCUT2D eigenvalue weighted by atomic mass is 10.1. The van der Waals surface area contributed by atoms with Crippen LogP contribution in [0.25, 0.3) is 5.69 Å². The zero-order valence-electron chi connectivity index (χ0n) is 15.1. The smallest absolute Gasteiger partial charge is 0.326 e. The average molecular weight is 420 g/mol. The number of alkyl halides is 3. The summed E-state index contributed by atoms with van der Waals surface area (Å²) in [6.07, 6.45) is -2.04. The molecule has 1 aromatic carbocycles. The summed E-state index contributed by atoms with van der Waals surface area (Å²) in [6.45, 7) is 0.766. The zero-order valence-corrected chi connectivity index (χ0v) is 15.1. The molecule has 0 aliphatic carbocycles. The molecule has 1 atom stereocenters. The third-order valence-corrected chi connectivity index (χ3v) is 4.60. The number of carbonyl (C=O) groups excluding carboxylic acids is 1. The third-order valence-electron chi connectivity index (χ3n) is 4.60. The van der Waals surface area contributed by atoms with Gasteiger partial charge in [0.1, 0.15) is 17.5 Å². The van der Waals surface area contributed by atoms with Gasteiger partial charge >= 0.3 is 12.2 Å². The minimum Gasteiger partial charge on any atom is -0.326 e. The number of halogens is 6. The van der Waals surface area contributed by atoms with Gasteiger partial charge in [-0.25, -0.2) is 22.6 Å². The number of carbonyl (C=O) groups is 1. The van der Waals surface area contributed by atoms with Gasteiger partial charge in [0.2, 0.25) is 0 Å². The van der Waals surface area contributed by atoms with E-state index in [4.69, 9.17) is 0 Å². The highest BCUT2D eigenvalue weighted by molar-refractivity contribution is 5.74. The molecule has 1 saturated heterocycles. The Balaban J connectivity index is 1.76. The molecule has 0 saturated carbocycles. The van der Waals surface area contributed by atoms with Crippen molar-refractivity contribution in [3.05, 3.63) is 47.5 Å². The van der Waals surface area contributed by atoms with Crippen LogP contribution in [0, 0.1) is 17.5 Å². The topological polar surface area (TPSA) is 50.2 Å². The number of nitrogens with one attached hydrogen (secondary N) is 1. The van der Waals surface area contributed by atoms with Crippen molar-refractivity contribution in [2.45, 2.75) is 37.9 Å². The molecule has 0 bridgehead atoms. The molecule has 3 rings (SSSR count). The molecule has 1 aliphatic heterocycles. The van der Waals surface area contributed by atoms with Crippen LogP contribution in [0.3, 0.4) is 0 Å². The van der Waals surface area contributed by atoms with Crippen LogP contribution in [-0.4, -0.2) is 46.0 Å². The Labute approximate surface area is 162 Å². The maximum absolute atomic E-state index is 13.9. The highest BCUT2D eigenvalue weighted by Gasteiger charge is 2.42. The number of nitrogens with zero attached hydrogens (tertiary/aromatic N) is 3. The standard InChI is InChI=1S/C18H18F6N4O/c19-11-8-13(20)16(14(21)9-11)28-7-4-12(26-28)10-15(18(22,23)24)25-17(29)27-5-2-1-3-6-27/h4,7-9,15H,1-3,5-6,10H2,(H,25,29)/t15-/m1/s1. The van der Waals surface area contributed by atoms with E-state index in [1.165, 1.54) is 4.90 Å². The van der Waals surface area contributed by atoms with E-state index in [0.29, 0.717) is 29.9 Å². The largest absolute Gasteiger partial charge is 0.409 e. The van der Waals surface area contributed by atoms with E-state index in [1.54, 1.807) is 0 Å². The number of aromatic nitrogens is 2. The Morgan fingerprint density at radius 2 is 1.72 bits per heavy atom. The summed E-state index contributed by atoms with van der Waals surface area (Å²) in [4.78, 5) is 13.5. The average Bonchev–Trinajstić information content (AvgIpc) is 3.08. The molecule has 2 aromatic rings. The summed E-state index contributed by atoms with van der Waals surface area (Å²) in [7, 11) is 0. The van der Waals surface area contributed by atoms with Gasteiger partial charge in [-0.3, -0.25) is 0 Å². The molecule has 29 heavy (non-hydrogen) atoms. The molecule has 1 fully saturated rings. The summed E-state index contributed by atoms with van der Waals surface area (Å²) in [5.41, 5.74) is -0.854. The first-order valence-electron chi connectivity index (χ1n) is 8.97. The summed E-state index contributed by atoms with van der Waals surface area (Å²) >= 11 is 0. The summed E-state index contributed by atoms with van der Waals surface area (Å²) in [5, 5.41) is 5.72. The van der Waals surface area contributed by atoms with Crippen molar-refractivity contribution in [1.82, 2.24) is 20.0 Å². The fourth-order valence-corrected chi connectivity index (χ4v) is 3.14. The number of amides is 2. The molecular weight excluding hydrogens is 402 g/mol. The van der Waals surface area contributed by atoms with Crippen LogP contribution >= 0.6 is 0 Å². The van der Waals surface area contributed by atoms with E-state index in [0.717, 1.165) is 31.5 Å². The molecule has 158 valence electrons. The lowest BCUT2D eigenvalue weighted by Gasteiger charge is -2.29. The van der Waals surface area contributed by atoms with Crippen molar-refractivity contribution in [2.24, 2.45) is 0 Å². The molecule has 1 N–H and O–H groups in total. The van der Waals surface area contributed by atoms with E-state index in [9.17, 15) is 31.1 Å². The molecule has 11 heteroatoms. The monoisotopic (exact) mass is 420 g/mol. The Bertz CT molecular complexity index is 852. The van der Waals surface area contributed by atoms with Gasteiger partial charge in [-0.1, -0.05) is 0 Å². The van der Waals surface area contributed by atoms with Gasteiger partial charge in [0, 0.05) is 37.8 Å². The van der Waals surface area contributed by atoms with Gasteiger partial charge in [0.25, 0.3) is 0 Å². The van der Waals surface area contributed by atoms with E-state index in [2.05, 4.69) is 5.10 Å². The fraction of sp³-hybridized carbons (Fsp3) is 0.444. The van der Waals surface area contributed by atoms with Crippen LogP contribution in [0.4, 0.5) is 31.1 Å². The normalized spacial score (nSPS) is 16.0. The molecule has 5 nitrogen and oxygen atoms in total. The number of likely N-dealkylation sites (tertiary alicyclic amines) is 1. The summed E-state index contributed by atoms with van der Waals surface area (Å²) in [6, 6.07) is -1.01. The van der Waals surface area contributed by atoms with Crippen LogP contribution in [0.15, 0.2) is 24.4 Å². The number of benzene rings is 1. The number of urea groups is 1. The van der Waals surface area contributed by atoms with Crippen molar-refractivity contribution in [3.63, 3.8) is 0 Å². The van der Waals surface area contributed by atoms with Crippen molar-refractivity contribution in [3.8, 4) is 5.69 Å². The molecule has 0 unspecified atom stereocenters. The highest BCUT2D eigenvalue weighted by atomic mass is 19.4. The maximum atomic E-state index is 13.9. The second-order valence-corrected chi connectivity index (χ2v) is 6.77. The van der Waals surface area contributed by atoms with Crippen molar-refractivity contribution >= 4 is 6.03 Å². The Morgan fingerprint density at radius 3 is 2.31 bits per heavy atom. The molecule has 2 heterocycles. The summed E-state index contributed by atoms with van der Waals surface area (Å²) in [5.74, 6) is -3.63. The predicted octanol–water partition coefficient (Wildman–Crippen LogP) is 3.96. The Hall–Kier alpha value is -2.72. The van der Waals surface area contributed by atoms with Crippen LogP contribution in [-0.2, 0) is 6.42 Å². The highest BCUT2D eigenvalue weighted by Crippen LogP contribution is 2.24. The van der Waals surface area contributed by atoms with Crippen molar-refractivity contribution in [1.29, 1.82) is 0 Å². The maximum Gasteiger partial charge on any atom is 0.409 e. The SMILES string of the molecule is O=C(N[C@H](Cc1ccn(-c2c(F)cc(F)cc2F)n1)C(F)(F)F)N1CCCCC1. The number of hydrogen-bond acceptors (Lipinski definition) is 2. The Morgan fingerprint density at radius 1 is 1.10 bits per heavy atom. The second-order valence-electron chi connectivity index (χ2n) is 6.77. The van der Waals surface area contributed by atoms with Crippen LogP contribution in [0.2, 0.25) is 0 Å². The predicted molar refractivity (Wildman–Crippen MR) is 90.9 cm³/mol. The van der Waals surface area contributed by atoms with Crippen LogP contribution in [0.1, 0.15) is 25.0 Å². The van der Waals surface area contributed by atoms with Gasteiger partial charge in [0.05, 0.1) is 5.69 Å². The van der Waals surface area contributed by atoms with Crippen LogP contribution in [0.5, 0.6) is 0 Å². The van der Waals surface area contributed by atoms with Crippen molar-refractivity contribution in [2.75, 3.05) is 13.1 Å². The lowest BCUT2D eigenvalue weighted by Crippen LogP contribution is -2.52. The third kappa shape index (κ3) is 5.01. The minimum absolute atomic E-state index is 0.144. The molecule has 0 spiro atoms. The van der Waals surface area contributed by atoms with Gasteiger partial charge in [-0.05, 0) is 25.3 Å². The first kappa shape index (κ1) is 21.0. The molecule has 2 amide bonds. The van der Waals surface area contributed by atoms with Crippen molar-refractivity contribution < 1.29 is 31.1 Å². The van der Waals surface area contributed by atoms with E-state index in [-0.39, 0.29) is 5.69 Å². The Kier molecular flexibility index (Phi) is 6.04. The first-order chi connectivity index (χ1) is 13.6. The minimum atomic E-state index is -4.75. The number of rotatable bonds is 4. The molecule has 1 aromatic heterocycles.